The van der Waals surface area contributed by atoms with Gasteiger partial charge in [-0.1, -0.05) is 53.5 Å². The van der Waals surface area contributed by atoms with Crippen LogP contribution in [0, 0.1) is 0 Å². The highest BCUT2D eigenvalue weighted by atomic mass is 35.5. The van der Waals surface area contributed by atoms with Gasteiger partial charge in [0.1, 0.15) is 12.1 Å². The van der Waals surface area contributed by atoms with Gasteiger partial charge in [-0.3, -0.25) is 14.5 Å². The number of imide groups is 1. The second-order valence-electron chi connectivity index (χ2n) is 5.95. The van der Waals surface area contributed by atoms with Gasteiger partial charge in [-0.25, -0.2) is 4.79 Å². The first-order valence-corrected chi connectivity index (χ1v) is 8.52. The van der Waals surface area contributed by atoms with Crippen molar-refractivity contribution in [2.45, 2.75) is 12.5 Å². The van der Waals surface area contributed by atoms with Gasteiger partial charge in [0.25, 0.3) is 5.91 Å². The highest BCUT2D eigenvalue weighted by Crippen LogP contribution is 2.33. The van der Waals surface area contributed by atoms with Crippen LogP contribution in [0.25, 0.3) is 0 Å². The highest BCUT2D eigenvalue weighted by Gasteiger charge is 2.50. The molecule has 1 fully saturated rings. The largest absolute Gasteiger partial charge is 0.325 e. The van der Waals surface area contributed by atoms with Crippen molar-refractivity contribution in [2.75, 3.05) is 11.9 Å². The molecule has 3 rings (SSSR count). The molecule has 1 saturated heterocycles. The van der Waals surface area contributed by atoms with Crippen molar-refractivity contribution in [1.29, 1.82) is 0 Å². The van der Waals surface area contributed by atoms with E-state index in [9.17, 15) is 14.4 Å². The molecule has 0 aromatic heterocycles. The predicted molar refractivity (Wildman–Crippen MR) is 99.1 cm³/mol. The first-order chi connectivity index (χ1) is 12.3. The quantitative estimate of drug-likeness (QED) is 0.783. The SMILES string of the molecule is CC1(c2ccccc2Cl)NC(=O)N(CC(=O)Nc2ccccc2Cl)C1=O. The van der Waals surface area contributed by atoms with Crippen molar-refractivity contribution in [3.63, 3.8) is 0 Å². The molecule has 0 bridgehead atoms. The maximum Gasteiger partial charge on any atom is 0.325 e. The molecule has 0 saturated carbocycles. The Bertz CT molecular complexity index is 903. The van der Waals surface area contributed by atoms with Gasteiger partial charge in [0.05, 0.1) is 10.7 Å². The second-order valence-corrected chi connectivity index (χ2v) is 6.77. The molecule has 1 atom stereocenters. The molecule has 2 N–H and O–H groups in total. The minimum atomic E-state index is -1.33. The lowest BCUT2D eigenvalue weighted by atomic mass is 9.92. The first-order valence-electron chi connectivity index (χ1n) is 7.76. The molecule has 26 heavy (non-hydrogen) atoms. The van der Waals surface area contributed by atoms with Gasteiger partial charge in [0, 0.05) is 10.6 Å². The first kappa shape index (κ1) is 18.2. The normalized spacial score (nSPS) is 19.4. The van der Waals surface area contributed by atoms with Crippen LogP contribution in [-0.2, 0) is 15.1 Å². The van der Waals surface area contributed by atoms with E-state index in [0.29, 0.717) is 21.3 Å². The molecule has 1 aliphatic heterocycles. The third kappa shape index (κ3) is 3.25. The van der Waals surface area contributed by atoms with Crippen molar-refractivity contribution in [3.05, 3.63) is 64.1 Å². The molecular weight excluding hydrogens is 377 g/mol. The fraction of sp³-hybridized carbons (Fsp3) is 0.167. The molecule has 8 heteroatoms. The number of hydrogen-bond donors (Lipinski definition) is 2. The minimum absolute atomic E-state index is 0.353. The topological polar surface area (TPSA) is 78.5 Å². The zero-order valence-corrected chi connectivity index (χ0v) is 15.3. The summed E-state index contributed by atoms with van der Waals surface area (Å²) in [6.07, 6.45) is 0. The molecule has 1 aliphatic rings. The average Bonchev–Trinajstić information content (AvgIpc) is 2.81. The third-order valence-corrected chi connectivity index (χ3v) is 4.80. The monoisotopic (exact) mass is 391 g/mol. The van der Waals surface area contributed by atoms with Crippen molar-refractivity contribution in [3.8, 4) is 0 Å². The Kier molecular flexibility index (Phi) is 4.89. The maximum absolute atomic E-state index is 12.8. The standard InChI is InChI=1S/C18H15Cl2N3O3/c1-18(11-6-2-3-7-12(11)19)16(25)23(17(26)22-18)10-15(24)21-14-9-5-4-8-13(14)20/h2-9H,10H2,1H3,(H,21,24)(H,22,26). The van der Waals surface area contributed by atoms with E-state index in [1.54, 1.807) is 55.5 Å². The van der Waals surface area contributed by atoms with E-state index in [-0.39, 0.29) is 0 Å². The smallest absolute Gasteiger partial charge is 0.323 e. The summed E-state index contributed by atoms with van der Waals surface area (Å²) in [6, 6.07) is 12.8. The highest BCUT2D eigenvalue weighted by molar-refractivity contribution is 6.33. The van der Waals surface area contributed by atoms with Crippen LogP contribution in [0.3, 0.4) is 0 Å². The van der Waals surface area contributed by atoms with Gasteiger partial charge >= 0.3 is 6.03 Å². The van der Waals surface area contributed by atoms with Crippen LogP contribution in [0.1, 0.15) is 12.5 Å². The average molecular weight is 392 g/mol. The van der Waals surface area contributed by atoms with E-state index in [4.69, 9.17) is 23.2 Å². The van der Waals surface area contributed by atoms with Gasteiger partial charge in [-0.2, -0.15) is 0 Å². The van der Waals surface area contributed by atoms with E-state index >= 15 is 0 Å². The number of hydrogen-bond acceptors (Lipinski definition) is 3. The molecule has 134 valence electrons. The van der Waals surface area contributed by atoms with Crippen molar-refractivity contribution in [1.82, 2.24) is 10.2 Å². The van der Waals surface area contributed by atoms with Gasteiger partial charge in [0.15, 0.2) is 0 Å². The van der Waals surface area contributed by atoms with E-state index in [2.05, 4.69) is 10.6 Å². The van der Waals surface area contributed by atoms with Gasteiger partial charge < -0.3 is 10.6 Å². The van der Waals surface area contributed by atoms with Crippen molar-refractivity contribution in [2.24, 2.45) is 0 Å². The summed E-state index contributed by atoms with van der Waals surface area (Å²) in [4.78, 5) is 38.2. The van der Waals surface area contributed by atoms with E-state index in [1.165, 1.54) is 0 Å². The van der Waals surface area contributed by atoms with Crippen LogP contribution < -0.4 is 10.6 Å². The lowest BCUT2D eigenvalue weighted by Gasteiger charge is -2.23. The van der Waals surface area contributed by atoms with Crippen LogP contribution in [0.5, 0.6) is 0 Å². The second kappa shape index (κ2) is 6.97. The fourth-order valence-electron chi connectivity index (χ4n) is 2.79. The number of nitrogens with one attached hydrogen (secondary N) is 2. The number of carbonyl (C=O) groups excluding carboxylic acids is 3. The van der Waals surface area contributed by atoms with Crippen LogP contribution in [0.4, 0.5) is 10.5 Å². The Morgan fingerprint density at radius 1 is 1.08 bits per heavy atom. The maximum atomic E-state index is 12.8. The Labute approximate surface area is 160 Å². The summed E-state index contributed by atoms with van der Waals surface area (Å²) in [6.45, 7) is 1.12. The summed E-state index contributed by atoms with van der Waals surface area (Å²) in [5.41, 5.74) is -0.464. The zero-order chi connectivity index (χ0) is 18.9. The Morgan fingerprint density at radius 2 is 1.69 bits per heavy atom. The number of halogens is 2. The summed E-state index contributed by atoms with van der Waals surface area (Å²) in [7, 11) is 0. The summed E-state index contributed by atoms with van der Waals surface area (Å²) in [5.74, 6) is -1.09. The van der Waals surface area contributed by atoms with Crippen molar-refractivity contribution >= 4 is 46.7 Å². The number of rotatable bonds is 4. The van der Waals surface area contributed by atoms with Crippen LogP contribution in [0.2, 0.25) is 10.0 Å². The molecule has 6 nitrogen and oxygen atoms in total. The van der Waals surface area contributed by atoms with Gasteiger partial charge in [-0.15, -0.1) is 0 Å². The van der Waals surface area contributed by atoms with E-state index in [0.717, 1.165) is 4.90 Å². The molecule has 0 spiro atoms. The van der Waals surface area contributed by atoms with Gasteiger partial charge in [-0.05, 0) is 25.1 Å². The molecule has 2 aromatic rings. The zero-order valence-electron chi connectivity index (χ0n) is 13.8. The molecular formula is C18H15Cl2N3O3. The molecule has 0 radical (unpaired) electrons. The number of carbonyl (C=O) groups is 3. The van der Waals surface area contributed by atoms with Gasteiger partial charge in [0.2, 0.25) is 5.91 Å². The Morgan fingerprint density at radius 3 is 2.35 bits per heavy atom. The molecule has 2 aromatic carbocycles. The van der Waals surface area contributed by atoms with Crippen LogP contribution in [-0.4, -0.2) is 29.3 Å². The lowest BCUT2D eigenvalue weighted by molar-refractivity contribution is -0.133. The number of amides is 4. The molecule has 1 heterocycles. The fourth-order valence-corrected chi connectivity index (χ4v) is 3.29. The third-order valence-electron chi connectivity index (χ3n) is 4.14. The molecule has 0 aliphatic carbocycles. The lowest BCUT2D eigenvalue weighted by Crippen LogP contribution is -2.42. The minimum Gasteiger partial charge on any atom is -0.323 e. The van der Waals surface area contributed by atoms with Crippen molar-refractivity contribution < 1.29 is 14.4 Å². The summed E-state index contributed by atoms with van der Waals surface area (Å²) >= 11 is 12.2. The predicted octanol–water partition coefficient (Wildman–Crippen LogP) is 3.40. The number of urea groups is 1. The summed E-state index contributed by atoms with van der Waals surface area (Å²) < 4.78 is 0. The van der Waals surface area contributed by atoms with Crippen LogP contribution in [0.15, 0.2) is 48.5 Å². The Balaban J connectivity index is 1.78. The number of para-hydroxylation sites is 1. The Hall–Kier alpha value is -2.57. The van der Waals surface area contributed by atoms with E-state index < -0.39 is 29.9 Å². The molecule has 4 amide bonds. The summed E-state index contributed by atoms with van der Waals surface area (Å²) in [5, 5.41) is 5.91. The number of benzene rings is 2. The van der Waals surface area contributed by atoms with Crippen LogP contribution >= 0.6 is 23.2 Å². The molecule has 1 unspecified atom stereocenters. The van der Waals surface area contributed by atoms with E-state index in [1.807, 2.05) is 0 Å². The number of anilines is 1. The number of nitrogens with zero attached hydrogens (tertiary/aromatic N) is 1.